The summed E-state index contributed by atoms with van der Waals surface area (Å²) in [4.78, 5) is 8.57. The number of hydrogen-bond acceptors (Lipinski definition) is 3. The van der Waals surface area contributed by atoms with Crippen molar-refractivity contribution in [3.8, 4) is 6.07 Å². The van der Waals surface area contributed by atoms with Gasteiger partial charge in [0.15, 0.2) is 5.82 Å². The van der Waals surface area contributed by atoms with E-state index in [1.165, 1.54) is 5.57 Å². The Morgan fingerprint density at radius 2 is 2.35 bits per heavy atom. The molecule has 20 heavy (non-hydrogen) atoms. The van der Waals surface area contributed by atoms with Crippen LogP contribution in [0.5, 0.6) is 0 Å². The smallest absolute Gasteiger partial charge is 0.172 e. The zero-order valence-electron chi connectivity index (χ0n) is 11.6. The van der Waals surface area contributed by atoms with E-state index in [-0.39, 0.29) is 0 Å². The largest absolute Gasteiger partial charge is 0.343 e. The number of pyridine rings is 1. The Bertz CT molecular complexity index is 657. The highest BCUT2D eigenvalue weighted by Crippen LogP contribution is 2.18. The molecule has 0 aliphatic carbocycles. The van der Waals surface area contributed by atoms with Crippen LogP contribution in [0, 0.1) is 11.3 Å². The number of nitrogens with zero attached hydrogens (tertiary/aromatic N) is 3. The Morgan fingerprint density at radius 1 is 1.50 bits per heavy atom. The number of rotatable bonds is 2. The normalized spacial score (nSPS) is 18.9. The molecular weight excluding hydrogens is 248 g/mol. The van der Waals surface area contributed by atoms with Crippen LogP contribution in [-0.2, 0) is 0 Å². The molecule has 1 aromatic heterocycles. The number of aromatic nitrogens is 1. The Balaban J connectivity index is 2.35. The lowest BCUT2D eigenvalue weighted by molar-refractivity contribution is 0.963. The van der Waals surface area contributed by atoms with Gasteiger partial charge in [0, 0.05) is 18.3 Å². The first-order valence-electron chi connectivity index (χ1n) is 6.43. The number of allylic oxidation sites excluding steroid dienone is 4. The fraction of sp³-hybridized carbons (Fsp3) is 0.188. The van der Waals surface area contributed by atoms with Crippen LogP contribution in [0.4, 0.5) is 5.82 Å². The second-order valence-electron chi connectivity index (χ2n) is 4.49. The van der Waals surface area contributed by atoms with Gasteiger partial charge >= 0.3 is 0 Å². The van der Waals surface area contributed by atoms with Gasteiger partial charge in [0.25, 0.3) is 0 Å². The molecule has 0 radical (unpaired) electrons. The van der Waals surface area contributed by atoms with Crippen molar-refractivity contribution in [2.45, 2.75) is 20.3 Å². The van der Waals surface area contributed by atoms with E-state index in [1.54, 1.807) is 18.3 Å². The molecule has 0 unspecified atom stereocenters. The summed E-state index contributed by atoms with van der Waals surface area (Å²) in [5, 5.41) is 12.3. The number of nitrogens with one attached hydrogen (secondary N) is 1. The van der Waals surface area contributed by atoms with E-state index in [4.69, 9.17) is 5.26 Å². The third-order valence-electron chi connectivity index (χ3n) is 2.76. The maximum Gasteiger partial charge on any atom is 0.172 e. The fourth-order valence-corrected chi connectivity index (χ4v) is 1.89. The zero-order chi connectivity index (χ0) is 14.4. The van der Waals surface area contributed by atoms with Gasteiger partial charge in [-0.05, 0) is 38.1 Å². The predicted octanol–water partition coefficient (Wildman–Crippen LogP) is 3.38. The lowest BCUT2D eigenvalue weighted by Crippen LogP contribution is -2.25. The molecule has 100 valence electrons. The Labute approximate surface area is 118 Å². The van der Waals surface area contributed by atoms with Crippen molar-refractivity contribution in [2.75, 3.05) is 0 Å². The maximum absolute atomic E-state index is 9.05. The molecule has 1 aliphatic heterocycles. The summed E-state index contributed by atoms with van der Waals surface area (Å²) in [5.74, 6) is 1.15. The topological polar surface area (TPSA) is 61.1 Å². The van der Waals surface area contributed by atoms with Crippen molar-refractivity contribution < 1.29 is 0 Å². The molecule has 1 aliphatic rings. The van der Waals surface area contributed by atoms with Crippen LogP contribution < -0.4 is 5.32 Å². The third-order valence-corrected chi connectivity index (χ3v) is 2.76. The number of hydrogen-bond donors (Lipinski definition) is 1. The Hall–Kier alpha value is -2.67. The zero-order valence-corrected chi connectivity index (χ0v) is 11.6. The lowest BCUT2D eigenvalue weighted by Gasteiger charge is -2.17. The summed E-state index contributed by atoms with van der Waals surface area (Å²) >= 11 is 0. The highest BCUT2D eigenvalue weighted by molar-refractivity contribution is 5.97. The summed E-state index contributed by atoms with van der Waals surface area (Å²) < 4.78 is 0. The molecule has 0 fully saturated rings. The molecule has 0 spiro atoms. The van der Waals surface area contributed by atoms with Crippen LogP contribution in [0.1, 0.15) is 25.8 Å². The maximum atomic E-state index is 9.05. The highest BCUT2D eigenvalue weighted by atomic mass is 15.0. The van der Waals surface area contributed by atoms with Crippen LogP contribution in [0.15, 0.2) is 58.9 Å². The summed E-state index contributed by atoms with van der Waals surface area (Å²) in [6.07, 6.45) is 10.5. The standard InChI is InChI=1S/C16H16N4/c1-3-4-7-14-9-12(2)10-15(19-14)20-16-13(11-17)6-5-8-18-16/h3-8,10H,9H2,1-2H3,(H,18,19,20)/b4-3-,14-7+. The predicted molar refractivity (Wildman–Crippen MR) is 80.5 cm³/mol. The van der Waals surface area contributed by atoms with Crippen LogP contribution in [0.3, 0.4) is 0 Å². The summed E-state index contributed by atoms with van der Waals surface area (Å²) in [6.45, 7) is 4.04. The van der Waals surface area contributed by atoms with E-state index in [2.05, 4.69) is 28.3 Å². The van der Waals surface area contributed by atoms with Crippen LogP contribution in [-0.4, -0.2) is 10.8 Å². The van der Waals surface area contributed by atoms with Crippen molar-refractivity contribution >= 4 is 11.7 Å². The average Bonchev–Trinajstić information content (AvgIpc) is 2.45. The van der Waals surface area contributed by atoms with Gasteiger partial charge in [-0.15, -0.1) is 0 Å². The average molecular weight is 264 g/mol. The van der Waals surface area contributed by atoms with Crippen molar-refractivity contribution in [2.24, 2.45) is 4.99 Å². The summed E-state index contributed by atoms with van der Waals surface area (Å²) in [5.41, 5.74) is 2.77. The van der Waals surface area contributed by atoms with Gasteiger partial charge < -0.3 is 5.32 Å². The minimum absolute atomic E-state index is 0.439. The number of aliphatic imine (C=N–C) groups is 1. The highest BCUT2D eigenvalue weighted by Gasteiger charge is 2.10. The van der Waals surface area contributed by atoms with Crippen molar-refractivity contribution in [1.82, 2.24) is 10.3 Å². The lowest BCUT2D eigenvalue weighted by atomic mass is 10.1. The van der Waals surface area contributed by atoms with E-state index in [1.807, 2.05) is 31.2 Å². The van der Waals surface area contributed by atoms with Crippen LogP contribution in [0.2, 0.25) is 0 Å². The van der Waals surface area contributed by atoms with E-state index >= 15 is 0 Å². The second-order valence-corrected chi connectivity index (χ2v) is 4.49. The molecular formula is C16H16N4. The summed E-state index contributed by atoms with van der Waals surface area (Å²) in [6, 6.07) is 5.54. The second kappa shape index (κ2) is 6.48. The van der Waals surface area contributed by atoms with Crippen LogP contribution >= 0.6 is 0 Å². The first-order valence-corrected chi connectivity index (χ1v) is 6.43. The van der Waals surface area contributed by atoms with E-state index in [0.29, 0.717) is 17.2 Å². The SMILES string of the molecule is C/C=C\C=C1/CC(C)=CC(=Nc2ncccc2C#N)N1. The molecule has 4 nitrogen and oxygen atoms in total. The summed E-state index contributed by atoms with van der Waals surface area (Å²) in [7, 11) is 0. The van der Waals surface area contributed by atoms with Crippen molar-refractivity contribution in [3.63, 3.8) is 0 Å². The number of amidine groups is 1. The first-order chi connectivity index (χ1) is 9.72. The van der Waals surface area contributed by atoms with Crippen LogP contribution in [0.25, 0.3) is 0 Å². The van der Waals surface area contributed by atoms with Crippen molar-refractivity contribution in [3.05, 3.63) is 59.5 Å². The monoisotopic (exact) mass is 264 g/mol. The van der Waals surface area contributed by atoms with Gasteiger partial charge in [-0.2, -0.15) is 5.26 Å². The minimum atomic E-state index is 0.439. The minimum Gasteiger partial charge on any atom is -0.343 e. The number of nitriles is 1. The fourth-order valence-electron chi connectivity index (χ4n) is 1.89. The molecule has 1 aromatic rings. The molecule has 2 rings (SSSR count). The molecule has 2 heterocycles. The molecule has 0 amide bonds. The van der Waals surface area contributed by atoms with Gasteiger partial charge in [-0.3, -0.25) is 0 Å². The molecule has 1 N–H and O–H groups in total. The molecule has 0 aromatic carbocycles. The van der Waals surface area contributed by atoms with Gasteiger partial charge in [0.05, 0.1) is 5.56 Å². The molecule has 0 bridgehead atoms. The van der Waals surface area contributed by atoms with Gasteiger partial charge in [0.1, 0.15) is 11.9 Å². The van der Waals surface area contributed by atoms with E-state index in [9.17, 15) is 0 Å². The molecule has 4 heteroatoms. The van der Waals surface area contributed by atoms with E-state index in [0.717, 1.165) is 12.1 Å². The van der Waals surface area contributed by atoms with E-state index < -0.39 is 0 Å². The molecule has 0 saturated carbocycles. The quantitative estimate of drug-likeness (QED) is 0.890. The van der Waals surface area contributed by atoms with Gasteiger partial charge in [-0.1, -0.05) is 17.7 Å². The van der Waals surface area contributed by atoms with Crippen molar-refractivity contribution in [1.29, 1.82) is 5.26 Å². The molecule has 0 saturated heterocycles. The van der Waals surface area contributed by atoms with Gasteiger partial charge in [0.2, 0.25) is 0 Å². The third kappa shape index (κ3) is 3.42. The molecule has 0 atom stereocenters. The Kier molecular flexibility index (Phi) is 4.46. The Morgan fingerprint density at radius 3 is 3.10 bits per heavy atom. The van der Waals surface area contributed by atoms with Gasteiger partial charge in [-0.25, -0.2) is 9.98 Å². The first kappa shape index (κ1) is 13.8.